The quantitative estimate of drug-likeness (QED) is 0.859. The predicted octanol–water partition coefficient (Wildman–Crippen LogP) is 1.48. The second-order valence-corrected chi connectivity index (χ2v) is 5.31. The van der Waals surface area contributed by atoms with Crippen molar-refractivity contribution < 1.29 is 13.7 Å². The van der Waals surface area contributed by atoms with E-state index in [0.717, 1.165) is 13.1 Å². The first kappa shape index (κ1) is 14.6. The van der Waals surface area contributed by atoms with Gasteiger partial charge in [-0.2, -0.15) is 4.98 Å². The Labute approximate surface area is 127 Å². The van der Waals surface area contributed by atoms with E-state index in [9.17, 15) is 9.18 Å². The van der Waals surface area contributed by atoms with Gasteiger partial charge < -0.3 is 9.42 Å². The van der Waals surface area contributed by atoms with E-state index in [1.807, 2.05) is 0 Å². The summed E-state index contributed by atoms with van der Waals surface area (Å²) in [6.45, 7) is 5.02. The predicted molar refractivity (Wildman–Crippen MR) is 76.6 cm³/mol. The van der Waals surface area contributed by atoms with E-state index in [4.69, 9.17) is 4.52 Å². The number of aryl methyl sites for hydroxylation is 1. The molecule has 0 unspecified atom stereocenters. The van der Waals surface area contributed by atoms with Crippen LogP contribution in [0.3, 0.4) is 0 Å². The second kappa shape index (κ2) is 6.23. The minimum absolute atomic E-state index is 0.132. The van der Waals surface area contributed by atoms with Gasteiger partial charge in [-0.3, -0.25) is 9.69 Å². The van der Waals surface area contributed by atoms with E-state index >= 15 is 0 Å². The average Bonchev–Trinajstić information content (AvgIpc) is 2.92. The van der Waals surface area contributed by atoms with Gasteiger partial charge in [-0.1, -0.05) is 11.2 Å². The molecule has 0 aliphatic carbocycles. The highest BCUT2D eigenvalue weighted by Gasteiger charge is 2.23. The SMILES string of the molecule is Cc1noc(CN2CCN(C(=O)c3cccc(F)c3)CC2)n1. The van der Waals surface area contributed by atoms with Crippen LogP contribution >= 0.6 is 0 Å². The molecule has 116 valence electrons. The van der Waals surface area contributed by atoms with Crippen LogP contribution in [0, 0.1) is 12.7 Å². The fourth-order valence-corrected chi connectivity index (χ4v) is 2.51. The number of aromatic nitrogens is 2. The summed E-state index contributed by atoms with van der Waals surface area (Å²) in [6.07, 6.45) is 0. The van der Waals surface area contributed by atoms with Crippen molar-refractivity contribution in [3.63, 3.8) is 0 Å². The summed E-state index contributed by atoms with van der Waals surface area (Å²) in [7, 11) is 0. The van der Waals surface area contributed by atoms with E-state index in [1.54, 1.807) is 24.0 Å². The molecule has 0 atom stereocenters. The number of piperazine rings is 1. The summed E-state index contributed by atoms with van der Waals surface area (Å²) in [5.41, 5.74) is 0.390. The summed E-state index contributed by atoms with van der Waals surface area (Å²) < 4.78 is 18.3. The Kier molecular flexibility index (Phi) is 4.15. The number of hydrogen-bond donors (Lipinski definition) is 0. The fourth-order valence-electron chi connectivity index (χ4n) is 2.51. The average molecular weight is 304 g/mol. The molecule has 1 aliphatic rings. The maximum absolute atomic E-state index is 13.2. The maximum Gasteiger partial charge on any atom is 0.254 e. The summed E-state index contributed by atoms with van der Waals surface area (Å²) >= 11 is 0. The Morgan fingerprint density at radius 1 is 1.32 bits per heavy atom. The zero-order chi connectivity index (χ0) is 15.5. The van der Waals surface area contributed by atoms with E-state index in [2.05, 4.69) is 15.0 Å². The van der Waals surface area contributed by atoms with Crippen molar-refractivity contribution in [1.82, 2.24) is 19.9 Å². The van der Waals surface area contributed by atoms with E-state index in [0.29, 0.717) is 36.9 Å². The van der Waals surface area contributed by atoms with E-state index < -0.39 is 5.82 Å². The molecule has 1 fully saturated rings. The molecule has 7 heteroatoms. The maximum atomic E-state index is 13.2. The van der Waals surface area contributed by atoms with Gasteiger partial charge in [-0.25, -0.2) is 4.39 Å². The van der Waals surface area contributed by atoms with Crippen LogP contribution in [0.1, 0.15) is 22.1 Å². The second-order valence-electron chi connectivity index (χ2n) is 5.31. The third-order valence-electron chi connectivity index (χ3n) is 3.66. The van der Waals surface area contributed by atoms with Gasteiger partial charge in [0.05, 0.1) is 6.54 Å². The van der Waals surface area contributed by atoms with Gasteiger partial charge in [0.15, 0.2) is 5.82 Å². The van der Waals surface area contributed by atoms with Crippen LogP contribution in [0.15, 0.2) is 28.8 Å². The number of benzene rings is 1. The molecule has 0 radical (unpaired) electrons. The molecule has 0 saturated carbocycles. The standard InChI is InChI=1S/C15H17FN4O2/c1-11-17-14(22-18-11)10-19-5-7-20(8-6-19)15(21)12-3-2-4-13(16)9-12/h2-4,9H,5-8,10H2,1H3. The van der Waals surface area contributed by atoms with Gasteiger partial charge >= 0.3 is 0 Å². The van der Waals surface area contributed by atoms with Crippen LogP contribution in [0.4, 0.5) is 4.39 Å². The van der Waals surface area contributed by atoms with Crippen molar-refractivity contribution in [2.45, 2.75) is 13.5 Å². The molecule has 22 heavy (non-hydrogen) atoms. The Bertz CT molecular complexity index is 665. The van der Waals surface area contributed by atoms with Crippen molar-refractivity contribution >= 4 is 5.91 Å². The first-order valence-corrected chi connectivity index (χ1v) is 7.18. The smallest absolute Gasteiger partial charge is 0.254 e. The molecule has 0 N–H and O–H groups in total. The minimum Gasteiger partial charge on any atom is -0.338 e. The number of rotatable bonds is 3. The van der Waals surface area contributed by atoms with Crippen molar-refractivity contribution in [2.75, 3.05) is 26.2 Å². The Balaban J connectivity index is 1.56. The summed E-state index contributed by atoms with van der Waals surface area (Å²) in [6, 6.07) is 5.80. The number of nitrogens with zero attached hydrogens (tertiary/aromatic N) is 4. The molecule has 0 bridgehead atoms. The number of carbonyl (C=O) groups excluding carboxylic acids is 1. The normalized spacial score (nSPS) is 16.0. The molecule has 3 rings (SSSR count). The number of amides is 1. The molecule has 1 saturated heterocycles. The van der Waals surface area contributed by atoms with Crippen LogP contribution in [0.2, 0.25) is 0 Å². The minimum atomic E-state index is -0.392. The molecular weight excluding hydrogens is 287 g/mol. The molecule has 6 nitrogen and oxygen atoms in total. The molecule has 0 spiro atoms. The first-order valence-electron chi connectivity index (χ1n) is 7.18. The lowest BCUT2D eigenvalue weighted by Gasteiger charge is -2.34. The lowest BCUT2D eigenvalue weighted by atomic mass is 10.1. The molecule has 1 aliphatic heterocycles. The van der Waals surface area contributed by atoms with E-state index in [-0.39, 0.29) is 5.91 Å². The number of hydrogen-bond acceptors (Lipinski definition) is 5. The highest BCUT2D eigenvalue weighted by atomic mass is 19.1. The zero-order valence-electron chi connectivity index (χ0n) is 12.3. The summed E-state index contributed by atoms with van der Waals surface area (Å²) in [5.74, 6) is 0.682. The first-order chi connectivity index (χ1) is 10.6. The molecule has 1 aromatic carbocycles. The van der Waals surface area contributed by atoms with Gasteiger partial charge in [0.2, 0.25) is 5.89 Å². The Morgan fingerprint density at radius 2 is 2.09 bits per heavy atom. The van der Waals surface area contributed by atoms with Crippen LogP contribution < -0.4 is 0 Å². The van der Waals surface area contributed by atoms with E-state index in [1.165, 1.54) is 12.1 Å². The molecule has 1 aromatic heterocycles. The molecule has 2 aromatic rings. The van der Waals surface area contributed by atoms with Gasteiger partial charge in [0.1, 0.15) is 5.82 Å². The van der Waals surface area contributed by atoms with Gasteiger partial charge in [0.25, 0.3) is 5.91 Å². The zero-order valence-corrected chi connectivity index (χ0v) is 12.3. The van der Waals surface area contributed by atoms with Crippen molar-refractivity contribution in [3.8, 4) is 0 Å². The van der Waals surface area contributed by atoms with Crippen LogP contribution in [0.25, 0.3) is 0 Å². The van der Waals surface area contributed by atoms with Crippen molar-refractivity contribution in [3.05, 3.63) is 47.4 Å². The number of halogens is 1. The third-order valence-corrected chi connectivity index (χ3v) is 3.66. The third kappa shape index (κ3) is 3.30. The molecule has 2 heterocycles. The van der Waals surface area contributed by atoms with Gasteiger partial charge in [-0.05, 0) is 25.1 Å². The topological polar surface area (TPSA) is 62.5 Å². The van der Waals surface area contributed by atoms with Crippen LogP contribution in [-0.4, -0.2) is 52.0 Å². The monoisotopic (exact) mass is 304 g/mol. The Morgan fingerprint density at radius 3 is 2.73 bits per heavy atom. The highest BCUT2D eigenvalue weighted by molar-refractivity contribution is 5.94. The van der Waals surface area contributed by atoms with Gasteiger partial charge in [-0.15, -0.1) is 0 Å². The lowest BCUT2D eigenvalue weighted by molar-refractivity contribution is 0.0614. The van der Waals surface area contributed by atoms with Crippen LogP contribution in [0.5, 0.6) is 0 Å². The number of carbonyl (C=O) groups is 1. The van der Waals surface area contributed by atoms with Crippen molar-refractivity contribution in [1.29, 1.82) is 0 Å². The largest absolute Gasteiger partial charge is 0.338 e. The summed E-state index contributed by atoms with van der Waals surface area (Å²) in [5, 5.41) is 3.76. The van der Waals surface area contributed by atoms with Crippen molar-refractivity contribution in [2.24, 2.45) is 0 Å². The highest BCUT2D eigenvalue weighted by Crippen LogP contribution is 2.12. The fraction of sp³-hybridized carbons (Fsp3) is 0.400. The lowest BCUT2D eigenvalue weighted by Crippen LogP contribution is -2.48. The molecule has 1 amide bonds. The molecular formula is C15H17FN4O2. The van der Waals surface area contributed by atoms with Gasteiger partial charge in [0, 0.05) is 31.7 Å². The summed E-state index contributed by atoms with van der Waals surface area (Å²) in [4.78, 5) is 20.4. The Hall–Kier alpha value is -2.28. The van der Waals surface area contributed by atoms with Crippen LogP contribution in [-0.2, 0) is 6.54 Å².